The molecule has 0 fully saturated rings. The maximum absolute atomic E-state index is 12.2. The first kappa shape index (κ1) is 13.5. The van der Waals surface area contributed by atoms with Crippen LogP contribution in [0.5, 0.6) is 0 Å². The fourth-order valence-electron chi connectivity index (χ4n) is 1.54. The molecule has 0 aliphatic rings. The number of aromatic nitrogens is 2. The highest BCUT2D eigenvalue weighted by Gasteiger charge is 2.13. The van der Waals surface area contributed by atoms with Crippen LogP contribution in [0.2, 0.25) is 0 Å². The molecule has 0 spiro atoms. The number of rotatable bonds is 4. The molecule has 0 saturated carbocycles. The minimum Gasteiger partial charge on any atom is -0.370 e. The Bertz CT molecular complexity index is 574. The lowest BCUT2D eigenvalue weighted by atomic mass is 10.2. The first-order chi connectivity index (χ1) is 9.20. The lowest BCUT2D eigenvalue weighted by Gasteiger charge is -2.10. The van der Waals surface area contributed by atoms with Gasteiger partial charge in [-0.05, 0) is 41.1 Å². The molecule has 0 bridgehead atoms. The van der Waals surface area contributed by atoms with Gasteiger partial charge in [0.15, 0.2) is 0 Å². The Hall–Kier alpha value is -1.95. The van der Waals surface area contributed by atoms with Crippen molar-refractivity contribution in [3.8, 4) is 0 Å². The lowest BCUT2D eigenvalue weighted by molar-refractivity contribution is 0.102. The minimum absolute atomic E-state index is 0.247. The van der Waals surface area contributed by atoms with Crippen molar-refractivity contribution in [2.24, 2.45) is 0 Å². The standard InChI is InChI=1S/C13H13BrN4O/c1-2-15-12-10(7-9(14)8-17-12)13(19)18-11-5-3-4-6-16-11/h3-8H,2H2,1H3,(H,15,17)(H,16,18,19). The molecule has 2 rings (SSSR count). The minimum atomic E-state index is -0.247. The van der Waals surface area contributed by atoms with Crippen LogP contribution in [-0.2, 0) is 0 Å². The molecule has 2 aromatic heterocycles. The van der Waals surface area contributed by atoms with E-state index < -0.39 is 0 Å². The van der Waals surface area contributed by atoms with Gasteiger partial charge in [0.1, 0.15) is 11.6 Å². The van der Waals surface area contributed by atoms with Crippen LogP contribution in [-0.4, -0.2) is 22.4 Å². The Morgan fingerprint density at radius 1 is 1.37 bits per heavy atom. The summed E-state index contributed by atoms with van der Waals surface area (Å²) in [6, 6.07) is 7.06. The number of halogens is 1. The van der Waals surface area contributed by atoms with Crippen molar-refractivity contribution in [2.45, 2.75) is 6.92 Å². The van der Waals surface area contributed by atoms with Gasteiger partial charge in [-0.2, -0.15) is 0 Å². The Labute approximate surface area is 119 Å². The third-order valence-electron chi connectivity index (χ3n) is 2.35. The number of hydrogen-bond donors (Lipinski definition) is 2. The van der Waals surface area contributed by atoms with Crippen molar-refractivity contribution in [1.82, 2.24) is 9.97 Å². The highest BCUT2D eigenvalue weighted by molar-refractivity contribution is 9.10. The number of carbonyl (C=O) groups is 1. The van der Waals surface area contributed by atoms with Gasteiger partial charge in [-0.1, -0.05) is 6.07 Å². The summed E-state index contributed by atoms with van der Waals surface area (Å²) in [7, 11) is 0. The summed E-state index contributed by atoms with van der Waals surface area (Å²) >= 11 is 3.32. The molecule has 0 unspecified atom stereocenters. The van der Waals surface area contributed by atoms with E-state index in [1.54, 1.807) is 30.6 Å². The van der Waals surface area contributed by atoms with Crippen molar-refractivity contribution in [2.75, 3.05) is 17.2 Å². The maximum atomic E-state index is 12.2. The van der Waals surface area contributed by atoms with Crippen LogP contribution in [0, 0.1) is 0 Å². The Morgan fingerprint density at radius 3 is 2.89 bits per heavy atom. The van der Waals surface area contributed by atoms with Gasteiger partial charge in [-0.25, -0.2) is 9.97 Å². The van der Waals surface area contributed by atoms with Crippen LogP contribution in [0.3, 0.4) is 0 Å². The predicted octanol–water partition coefficient (Wildman–Crippen LogP) is 2.92. The number of anilines is 2. The first-order valence-electron chi connectivity index (χ1n) is 5.82. The maximum Gasteiger partial charge on any atom is 0.260 e. The number of hydrogen-bond acceptors (Lipinski definition) is 4. The van der Waals surface area contributed by atoms with Crippen molar-refractivity contribution in [1.29, 1.82) is 0 Å². The van der Waals surface area contributed by atoms with Gasteiger partial charge >= 0.3 is 0 Å². The van der Waals surface area contributed by atoms with Gasteiger partial charge in [0, 0.05) is 23.4 Å². The monoisotopic (exact) mass is 320 g/mol. The van der Waals surface area contributed by atoms with Crippen molar-refractivity contribution in [3.05, 3.63) is 46.7 Å². The van der Waals surface area contributed by atoms with E-state index in [9.17, 15) is 4.79 Å². The van der Waals surface area contributed by atoms with E-state index in [0.29, 0.717) is 23.7 Å². The van der Waals surface area contributed by atoms with E-state index in [-0.39, 0.29) is 5.91 Å². The number of amides is 1. The molecule has 0 aliphatic heterocycles. The number of carbonyl (C=O) groups excluding carboxylic acids is 1. The van der Waals surface area contributed by atoms with E-state index in [1.165, 1.54) is 0 Å². The number of nitrogens with one attached hydrogen (secondary N) is 2. The van der Waals surface area contributed by atoms with Crippen LogP contribution in [0.25, 0.3) is 0 Å². The SMILES string of the molecule is CCNc1ncc(Br)cc1C(=O)Nc1ccccn1. The van der Waals surface area contributed by atoms with Gasteiger partial charge in [-0.3, -0.25) is 4.79 Å². The van der Waals surface area contributed by atoms with E-state index >= 15 is 0 Å². The van der Waals surface area contributed by atoms with Crippen LogP contribution in [0.4, 0.5) is 11.6 Å². The Kier molecular flexibility index (Phi) is 4.46. The predicted molar refractivity (Wildman–Crippen MR) is 78.3 cm³/mol. The Morgan fingerprint density at radius 2 is 2.21 bits per heavy atom. The molecule has 19 heavy (non-hydrogen) atoms. The van der Waals surface area contributed by atoms with Crippen LogP contribution in [0.15, 0.2) is 41.1 Å². The first-order valence-corrected chi connectivity index (χ1v) is 6.62. The topological polar surface area (TPSA) is 66.9 Å². The zero-order chi connectivity index (χ0) is 13.7. The summed E-state index contributed by atoms with van der Waals surface area (Å²) in [6.45, 7) is 2.64. The molecule has 0 aliphatic carbocycles. The van der Waals surface area contributed by atoms with E-state index in [0.717, 1.165) is 4.47 Å². The summed E-state index contributed by atoms with van der Waals surface area (Å²) in [5, 5.41) is 5.79. The fraction of sp³-hybridized carbons (Fsp3) is 0.154. The van der Waals surface area contributed by atoms with E-state index in [1.807, 2.05) is 13.0 Å². The average molecular weight is 321 g/mol. The molecule has 5 nitrogen and oxygen atoms in total. The van der Waals surface area contributed by atoms with Gasteiger partial charge in [-0.15, -0.1) is 0 Å². The summed E-state index contributed by atoms with van der Waals surface area (Å²) in [5.41, 5.74) is 0.474. The van der Waals surface area contributed by atoms with Gasteiger partial charge in [0.2, 0.25) is 0 Å². The highest BCUT2D eigenvalue weighted by atomic mass is 79.9. The molecular formula is C13H13BrN4O. The quantitative estimate of drug-likeness (QED) is 0.909. The van der Waals surface area contributed by atoms with E-state index in [4.69, 9.17) is 0 Å². The molecule has 2 aromatic rings. The fourth-order valence-corrected chi connectivity index (χ4v) is 1.87. The van der Waals surface area contributed by atoms with Gasteiger partial charge < -0.3 is 10.6 Å². The summed E-state index contributed by atoms with van der Waals surface area (Å²) < 4.78 is 0.750. The number of nitrogens with zero attached hydrogens (tertiary/aromatic N) is 2. The zero-order valence-corrected chi connectivity index (χ0v) is 11.9. The average Bonchev–Trinajstić information content (AvgIpc) is 2.42. The summed E-state index contributed by atoms with van der Waals surface area (Å²) in [4.78, 5) is 20.5. The smallest absolute Gasteiger partial charge is 0.260 e. The third kappa shape index (κ3) is 3.51. The zero-order valence-electron chi connectivity index (χ0n) is 10.4. The molecule has 1 amide bonds. The van der Waals surface area contributed by atoms with Crippen LogP contribution in [0.1, 0.15) is 17.3 Å². The number of pyridine rings is 2. The second-order valence-electron chi connectivity index (χ2n) is 3.75. The van der Waals surface area contributed by atoms with Gasteiger partial charge in [0.25, 0.3) is 5.91 Å². The Balaban J connectivity index is 2.25. The van der Waals surface area contributed by atoms with Crippen LogP contribution < -0.4 is 10.6 Å². The second kappa shape index (κ2) is 6.29. The molecule has 6 heteroatoms. The third-order valence-corrected chi connectivity index (χ3v) is 2.78. The molecular weight excluding hydrogens is 308 g/mol. The summed E-state index contributed by atoms with van der Waals surface area (Å²) in [6.07, 6.45) is 3.27. The summed E-state index contributed by atoms with van der Waals surface area (Å²) in [5.74, 6) is 0.817. The van der Waals surface area contributed by atoms with E-state index in [2.05, 4.69) is 36.5 Å². The molecule has 0 atom stereocenters. The second-order valence-corrected chi connectivity index (χ2v) is 4.66. The van der Waals surface area contributed by atoms with Gasteiger partial charge in [0.05, 0.1) is 5.56 Å². The van der Waals surface area contributed by atoms with Crippen molar-refractivity contribution in [3.63, 3.8) is 0 Å². The molecule has 0 aromatic carbocycles. The molecule has 98 valence electrons. The largest absolute Gasteiger partial charge is 0.370 e. The van der Waals surface area contributed by atoms with Crippen LogP contribution >= 0.6 is 15.9 Å². The normalized spacial score (nSPS) is 10.0. The van der Waals surface area contributed by atoms with Crippen molar-refractivity contribution >= 4 is 33.5 Å². The highest BCUT2D eigenvalue weighted by Crippen LogP contribution is 2.19. The molecule has 2 heterocycles. The lowest BCUT2D eigenvalue weighted by Crippen LogP contribution is -2.16. The molecule has 2 N–H and O–H groups in total. The van der Waals surface area contributed by atoms with Crippen molar-refractivity contribution < 1.29 is 4.79 Å². The molecule has 0 saturated heterocycles. The molecule has 0 radical (unpaired) electrons.